The van der Waals surface area contributed by atoms with Gasteiger partial charge in [0.1, 0.15) is 6.10 Å². The molecule has 0 saturated carbocycles. The van der Waals surface area contributed by atoms with Crippen LogP contribution in [0.2, 0.25) is 0 Å². The van der Waals surface area contributed by atoms with Gasteiger partial charge < -0.3 is 14.6 Å². The zero-order valence-electron chi connectivity index (χ0n) is 11.4. The molecule has 2 heterocycles. The highest BCUT2D eigenvalue weighted by atomic mass is 16.3. The number of carbonyl (C=O) groups is 1. The average molecular weight is 270 g/mol. The molecule has 104 valence electrons. The SMILES string of the molecule is CC(O)C(=O)N1CCn2cccc2C1c1ccccc1. The lowest BCUT2D eigenvalue weighted by Gasteiger charge is -2.38. The molecular formula is C16H18N2O2. The zero-order valence-corrected chi connectivity index (χ0v) is 11.4. The lowest BCUT2D eigenvalue weighted by atomic mass is 9.99. The minimum absolute atomic E-state index is 0.123. The lowest BCUT2D eigenvalue weighted by molar-refractivity contribution is -0.142. The summed E-state index contributed by atoms with van der Waals surface area (Å²) in [5, 5.41) is 9.64. The van der Waals surface area contributed by atoms with Gasteiger partial charge in [-0.2, -0.15) is 0 Å². The number of carbonyl (C=O) groups excluding carboxylic acids is 1. The Balaban J connectivity index is 2.06. The Morgan fingerprint density at radius 2 is 1.95 bits per heavy atom. The second kappa shape index (κ2) is 5.13. The van der Waals surface area contributed by atoms with Gasteiger partial charge in [-0.1, -0.05) is 30.3 Å². The lowest BCUT2D eigenvalue weighted by Crippen LogP contribution is -2.46. The first-order valence-corrected chi connectivity index (χ1v) is 6.87. The van der Waals surface area contributed by atoms with Crippen molar-refractivity contribution in [2.75, 3.05) is 6.54 Å². The van der Waals surface area contributed by atoms with Crippen LogP contribution < -0.4 is 0 Å². The van der Waals surface area contributed by atoms with Crippen molar-refractivity contribution in [1.29, 1.82) is 0 Å². The largest absolute Gasteiger partial charge is 0.384 e. The van der Waals surface area contributed by atoms with Crippen molar-refractivity contribution in [1.82, 2.24) is 9.47 Å². The van der Waals surface area contributed by atoms with E-state index in [0.717, 1.165) is 17.8 Å². The summed E-state index contributed by atoms with van der Waals surface area (Å²) in [6, 6.07) is 13.9. The smallest absolute Gasteiger partial charge is 0.252 e. The van der Waals surface area contributed by atoms with E-state index in [1.807, 2.05) is 48.7 Å². The molecule has 1 amide bonds. The van der Waals surface area contributed by atoms with Crippen molar-refractivity contribution >= 4 is 5.91 Å². The number of rotatable bonds is 2. The maximum Gasteiger partial charge on any atom is 0.252 e. The first-order chi connectivity index (χ1) is 9.68. The van der Waals surface area contributed by atoms with E-state index in [0.29, 0.717) is 6.54 Å². The van der Waals surface area contributed by atoms with E-state index in [2.05, 4.69) is 4.57 Å². The van der Waals surface area contributed by atoms with Crippen molar-refractivity contribution < 1.29 is 9.90 Å². The molecule has 0 spiro atoms. The number of aliphatic hydroxyl groups is 1. The van der Waals surface area contributed by atoms with Crippen molar-refractivity contribution in [3.05, 3.63) is 59.9 Å². The monoisotopic (exact) mass is 270 g/mol. The van der Waals surface area contributed by atoms with Crippen LogP contribution in [0.15, 0.2) is 48.7 Å². The fourth-order valence-corrected chi connectivity index (χ4v) is 2.85. The number of hydrogen-bond donors (Lipinski definition) is 1. The number of fused-ring (bicyclic) bond motifs is 1. The molecule has 0 saturated heterocycles. The summed E-state index contributed by atoms with van der Waals surface area (Å²) >= 11 is 0. The van der Waals surface area contributed by atoms with Gasteiger partial charge in [-0.3, -0.25) is 4.79 Å². The van der Waals surface area contributed by atoms with Gasteiger partial charge in [-0.05, 0) is 24.6 Å². The predicted octanol–water partition coefficient (Wildman–Crippen LogP) is 1.80. The van der Waals surface area contributed by atoms with Crippen LogP contribution in [0.25, 0.3) is 0 Å². The van der Waals surface area contributed by atoms with E-state index in [-0.39, 0.29) is 11.9 Å². The number of aliphatic hydroxyl groups excluding tert-OH is 1. The van der Waals surface area contributed by atoms with E-state index in [1.165, 1.54) is 6.92 Å². The predicted molar refractivity (Wildman–Crippen MR) is 76.1 cm³/mol. The highest BCUT2D eigenvalue weighted by molar-refractivity contribution is 5.81. The van der Waals surface area contributed by atoms with Crippen LogP contribution >= 0.6 is 0 Å². The number of hydrogen-bond acceptors (Lipinski definition) is 2. The summed E-state index contributed by atoms with van der Waals surface area (Å²) < 4.78 is 2.17. The minimum atomic E-state index is -0.970. The van der Waals surface area contributed by atoms with Crippen LogP contribution in [0.5, 0.6) is 0 Å². The maximum absolute atomic E-state index is 12.3. The molecule has 1 aromatic carbocycles. The summed E-state index contributed by atoms with van der Waals surface area (Å²) in [5.41, 5.74) is 2.16. The van der Waals surface area contributed by atoms with Gasteiger partial charge in [0.05, 0.1) is 6.04 Å². The van der Waals surface area contributed by atoms with Crippen molar-refractivity contribution in [2.45, 2.75) is 25.6 Å². The van der Waals surface area contributed by atoms with Crippen LogP contribution in [0, 0.1) is 0 Å². The topological polar surface area (TPSA) is 45.5 Å². The standard InChI is InChI=1S/C16H18N2O2/c1-12(19)16(20)18-11-10-17-9-5-8-14(17)15(18)13-6-3-2-4-7-13/h2-9,12,15,19H,10-11H2,1H3. The molecule has 1 aromatic heterocycles. The molecule has 3 rings (SSSR count). The van der Waals surface area contributed by atoms with Crippen LogP contribution in [0.1, 0.15) is 24.2 Å². The van der Waals surface area contributed by atoms with Gasteiger partial charge in [0, 0.05) is 25.0 Å². The molecule has 2 aromatic rings. The second-order valence-electron chi connectivity index (χ2n) is 5.15. The molecular weight excluding hydrogens is 252 g/mol. The van der Waals surface area contributed by atoms with Crippen molar-refractivity contribution in [3.63, 3.8) is 0 Å². The second-order valence-corrected chi connectivity index (χ2v) is 5.15. The Bertz CT molecular complexity index is 604. The Morgan fingerprint density at radius 1 is 1.20 bits per heavy atom. The van der Waals surface area contributed by atoms with Crippen molar-refractivity contribution in [2.24, 2.45) is 0 Å². The number of amides is 1. The first kappa shape index (κ1) is 12.9. The molecule has 4 heteroatoms. The molecule has 1 aliphatic rings. The highest BCUT2D eigenvalue weighted by Gasteiger charge is 2.33. The van der Waals surface area contributed by atoms with Crippen molar-refractivity contribution in [3.8, 4) is 0 Å². The Kier molecular flexibility index (Phi) is 3.32. The molecule has 0 fully saturated rings. The summed E-state index contributed by atoms with van der Waals surface area (Å²) in [7, 11) is 0. The first-order valence-electron chi connectivity index (χ1n) is 6.87. The van der Waals surface area contributed by atoms with E-state index < -0.39 is 6.10 Å². The molecule has 1 N–H and O–H groups in total. The summed E-state index contributed by atoms with van der Waals surface area (Å²) in [4.78, 5) is 14.1. The van der Waals surface area contributed by atoms with E-state index in [9.17, 15) is 9.90 Å². The minimum Gasteiger partial charge on any atom is -0.384 e. The van der Waals surface area contributed by atoms with Gasteiger partial charge in [-0.15, -0.1) is 0 Å². The van der Waals surface area contributed by atoms with E-state index >= 15 is 0 Å². The number of benzene rings is 1. The maximum atomic E-state index is 12.3. The number of aromatic nitrogens is 1. The van der Waals surface area contributed by atoms with Gasteiger partial charge in [-0.25, -0.2) is 0 Å². The molecule has 0 radical (unpaired) electrons. The quantitative estimate of drug-likeness (QED) is 0.904. The summed E-state index contributed by atoms with van der Waals surface area (Å²) in [6.07, 6.45) is 1.07. The van der Waals surface area contributed by atoms with E-state index in [1.54, 1.807) is 4.90 Å². The normalized spacial score (nSPS) is 19.5. The molecule has 4 nitrogen and oxygen atoms in total. The molecule has 0 aliphatic carbocycles. The number of nitrogens with zero attached hydrogens (tertiary/aromatic N) is 2. The fourth-order valence-electron chi connectivity index (χ4n) is 2.85. The van der Waals surface area contributed by atoms with E-state index in [4.69, 9.17) is 0 Å². The molecule has 2 atom stereocenters. The van der Waals surface area contributed by atoms with Crippen LogP contribution in [-0.2, 0) is 11.3 Å². The third-order valence-corrected chi connectivity index (χ3v) is 3.79. The zero-order chi connectivity index (χ0) is 14.1. The molecule has 1 aliphatic heterocycles. The summed E-state index contributed by atoms with van der Waals surface area (Å²) in [5.74, 6) is -0.216. The Hall–Kier alpha value is -2.07. The fraction of sp³-hybridized carbons (Fsp3) is 0.312. The summed E-state index contributed by atoms with van der Waals surface area (Å²) in [6.45, 7) is 2.91. The van der Waals surface area contributed by atoms with Crippen LogP contribution in [0.4, 0.5) is 0 Å². The average Bonchev–Trinajstić information content (AvgIpc) is 2.94. The molecule has 20 heavy (non-hydrogen) atoms. The van der Waals surface area contributed by atoms with Crippen LogP contribution in [0.3, 0.4) is 0 Å². The third-order valence-electron chi connectivity index (χ3n) is 3.79. The molecule has 0 bridgehead atoms. The Morgan fingerprint density at radius 3 is 2.65 bits per heavy atom. The van der Waals surface area contributed by atoms with Gasteiger partial charge in [0.2, 0.25) is 0 Å². The molecule has 2 unspecified atom stereocenters. The van der Waals surface area contributed by atoms with Gasteiger partial charge in [0.25, 0.3) is 5.91 Å². The highest BCUT2D eigenvalue weighted by Crippen LogP contribution is 2.32. The third kappa shape index (κ3) is 2.12. The Labute approximate surface area is 118 Å². The van der Waals surface area contributed by atoms with Crippen LogP contribution in [-0.4, -0.2) is 33.1 Å². The van der Waals surface area contributed by atoms with Gasteiger partial charge >= 0.3 is 0 Å². The van der Waals surface area contributed by atoms with Gasteiger partial charge in [0.15, 0.2) is 0 Å².